The smallest absolute Gasteiger partial charge is 0.325 e. The topological polar surface area (TPSA) is 116 Å². The number of amides is 1. The number of carboxylic acid groups (broad SMARTS) is 1. The molecule has 2 aromatic heterocycles. The molecule has 1 atom stereocenters. The molecule has 0 spiro atoms. The van der Waals surface area contributed by atoms with Gasteiger partial charge in [0.25, 0.3) is 5.91 Å². The molecule has 3 rings (SSSR count). The number of nitrogens with one attached hydrogen (secondary N) is 1. The van der Waals surface area contributed by atoms with E-state index < -0.39 is 17.9 Å². The summed E-state index contributed by atoms with van der Waals surface area (Å²) in [5.74, 6) is -0.255. The first-order valence-electron chi connectivity index (χ1n) is 8.49. The van der Waals surface area contributed by atoms with Crippen LogP contribution in [0.4, 0.5) is 0 Å². The van der Waals surface area contributed by atoms with E-state index >= 15 is 0 Å². The second kappa shape index (κ2) is 7.95. The maximum Gasteiger partial charge on any atom is 0.325 e. The van der Waals surface area contributed by atoms with E-state index in [2.05, 4.69) is 15.4 Å². The number of hydrogen-bond acceptors (Lipinski definition) is 6. The van der Waals surface area contributed by atoms with Gasteiger partial charge in [-0.05, 0) is 25.1 Å². The molecule has 1 amide bonds. The summed E-state index contributed by atoms with van der Waals surface area (Å²) < 4.78 is 12.3. The quantitative estimate of drug-likeness (QED) is 0.637. The van der Waals surface area contributed by atoms with E-state index in [-0.39, 0.29) is 5.56 Å². The van der Waals surface area contributed by atoms with E-state index in [9.17, 15) is 9.59 Å². The van der Waals surface area contributed by atoms with Gasteiger partial charge in [-0.2, -0.15) is 5.10 Å². The number of aromatic nitrogens is 3. The summed E-state index contributed by atoms with van der Waals surface area (Å²) in [5, 5.41) is 16.3. The minimum absolute atomic E-state index is 0.266. The van der Waals surface area contributed by atoms with Gasteiger partial charge in [0.2, 0.25) is 0 Å². The van der Waals surface area contributed by atoms with Crippen molar-refractivity contribution in [2.75, 3.05) is 14.2 Å². The van der Waals surface area contributed by atoms with Crippen molar-refractivity contribution in [3.63, 3.8) is 0 Å². The third-order valence-corrected chi connectivity index (χ3v) is 4.27. The van der Waals surface area contributed by atoms with Crippen molar-refractivity contribution in [2.24, 2.45) is 0 Å². The fraction of sp³-hybridized carbons (Fsp3) is 0.263. The number of fused-ring (bicyclic) bond motifs is 1. The molecule has 9 heteroatoms. The Kier molecular flexibility index (Phi) is 5.44. The van der Waals surface area contributed by atoms with Gasteiger partial charge in [-0.15, -0.1) is 0 Å². The molecule has 1 aromatic carbocycles. The third kappa shape index (κ3) is 3.88. The average molecular weight is 384 g/mol. The van der Waals surface area contributed by atoms with Crippen LogP contribution < -0.4 is 14.8 Å². The van der Waals surface area contributed by atoms with Crippen molar-refractivity contribution >= 4 is 22.9 Å². The van der Waals surface area contributed by atoms with E-state index in [1.807, 2.05) is 12.1 Å². The Morgan fingerprint density at radius 1 is 1.21 bits per heavy atom. The normalized spacial score (nSPS) is 11.8. The molecule has 0 unspecified atom stereocenters. The van der Waals surface area contributed by atoms with Crippen LogP contribution in [0.3, 0.4) is 0 Å². The zero-order chi connectivity index (χ0) is 20.3. The number of pyridine rings is 1. The van der Waals surface area contributed by atoms with Gasteiger partial charge in [-0.3, -0.25) is 9.59 Å². The van der Waals surface area contributed by atoms with Crippen LogP contribution in [0.2, 0.25) is 0 Å². The van der Waals surface area contributed by atoms with E-state index in [1.54, 1.807) is 37.2 Å². The van der Waals surface area contributed by atoms with Crippen LogP contribution >= 0.6 is 0 Å². The minimum atomic E-state index is -1.11. The predicted molar refractivity (Wildman–Crippen MR) is 101 cm³/mol. The number of hydrogen-bond donors (Lipinski definition) is 2. The monoisotopic (exact) mass is 384 g/mol. The molecule has 0 aliphatic heterocycles. The van der Waals surface area contributed by atoms with Gasteiger partial charge in [0.05, 0.1) is 32.5 Å². The molecule has 0 saturated carbocycles. The van der Waals surface area contributed by atoms with Crippen LogP contribution in [0.15, 0.2) is 36.7 Å². The summed E-state index contributed by atoms with van der Waals surface area (Å²) in [4.78, 5) is 27.4. The first kappa shape index (κ1) is 19.2. The van der Waals surface area contributed by atoms with Gasteiger partial charge >= 0.3 is 5.97 Å². The maximum absolute atomic E-state index is 12.2. The van der Waals surface area contributed by atoms with Gasteiger partial charge in [0, 0.05) is 23.2 Å². The summed E-state index contributed by atoms with van der Waals surface area (Å²) in [7, 11) is 3.17. The molecule has 0 bridgehead atoms. The Morgan fingerprint density at radius 2 is 2.00 bits per heavy atom. The highest BCUT2D eigenvalue weighted by atomic mass is 16.5. The summed E-state index contributed by atoms with van der Waals surface area (Å²) in [5.41, 5.74) is 1.76. The lowest BCUT2D eigenvalue weighted by atomic mass is 10.2. The van der Waals surface area contributed by atoms with Crippen LogP contribution in [0.1, 0.15) is 22.8 Å². The number of aliphatic carboxylic acids is 1. The first-order valence-corrected chi connectivity index (χ1v) is 8.49. The van der Waals surface area contributed by atoms with Gasteiger partial charge < -0.3 is 19.9 Å². The lowest BCUT2D eigenvalue weighted by molar-refractivity contribution is -0.138. The Hall–Kier alpha value is -3.62. The molecule has 0 aliphatic carbocycles. The number of nitrogens with zero attached hydrogens (tertiary/aromatic N) is 3. The highest BCUT2D eigenvalue weighted by Crippen LogP contribution is 2.26. The van der Waals surface area contributed by atoms with E-state index in [1.165, 1.54) is 13.1 Å². The summed E-state index contributed by atoms with van der Waals surface area (Å²) >= 11 is 0. The third-order valence-electron chi connectivity index (χ3n) is 4.27. The summed E-state index contributed by atoms with van der Waals surface area (Å²) in [6.45, 7) is 1.82. The molecule has 0 saturated heterocycles. The van der Waals surface area contributed by atoms with Gasteiger partial charge in [0.1, 0.15) is 17.5 Å². The van der Waals surface area contributed by atoms with Crippen LogP contribution in [-0.4, -0.2) is 52.0 Å². The molecule has 3 aromatic rings. The van der Waals surface area contributed by atoms with Crippen molar-refractivity contribution in [2.45, 2.75) is 19.5 Å². The lowest BCUT2D eigenvalue weighted by Crippen LogP contribution is -2.38. The fourth-order valence-corrected chi connectivity index (χ4v) is 2.70. The van der Waals surface area contributed by atoms with Crippen molar-refractivity contribution in [1.82, 2.24) is 20.1 Å². The zero-order valence-electron chi connectivity index (χ0n) is 15.7. The molecule has 2 N–H and O–H groups in total. The molecular formula is C19H20N4O5. The van der Waals surface area contributed by atoms with Crippen molar-refractivity contribution < 1.29 is 24.2 Å². The van der Waals surface area contributed by atoms with Crippen LogP contribution in [0.25, 0.3) is 11.0 Å². The highest BCUT2D eigenvalue weighted by molar-refractivity contribution is 5.98. The molecule has 28 heavy (non-hydrogen) atoms. The van der Waals surface area contributed by atoms with Gasteiger partial charge in [-0.25, -0.2) is 9.67 Å². The molecule has 9 nitrogen and oxygen atoms in total. The Morgan fingerprint density at radius 3 is 2.68 bits per heavy atom. The predicted octanol–water partition coefficient (Wildman–Crippen LogP) is 1.70. The minimum Gasteiger partial charge on any atom is -0.497 e. The number of carbonyl (C=O) groups excluding carboxylic acids is 1. The molecule has 2 heterocycles. The van der Waals surface area contributed by atoms with E-state index in [0.717, 1.165) is 5.56 Å². The Bertz CT molecular complexity index is 1030. The standard InChI is InChI=1S/C19H20N4O5/c1-11(19(25)26)22-18(24)14-6-13-9-21-23(17(13)20-8-14)10-12-4-5-15(27-2)7-16(12)28-3/h4-9,11H,10H2,1-3H3,(H,22,24)(H,25,26)/t11-/m1/s1. The molecule has 0 fully saturated rings. The van der Waals surface area contributed by atoms with Gasteiger partial charge in [0.15, 0.2) is 5.65 Å². The van der Waals surface area contributed by atoms with Crippen LogP contribution in [-0.2, 0) is 11.3 Å². The van der Waals surface area contributed by atoms with Crippen molar-refractivity contribution in [3.05, 3.63) is 47.8 Å². The van der Waals surface area contributed by atoms with E-state index in [0.29, 0.717) is 29.1 Å². The Balaban J connectivity index is 1.85. The van der Waals surface area contributed by atoms with Gasteiger partial charge in [-0.1, -0.05) is 0 Å². The number of benzene rings is 1. The largest absolute Gasteiger partial charge is 0.497 e. The van der Waals surface area contributed by atoms with Crippen molar-refractivity contribution in [1.29, 1.82) is 0 Å². The SMILES string of the molecule is COc1ccc(Cn2ncc3cc(C(=O)N[C@H](C)C(=O)O)cnc32)c(OC)c1. The molecule has 0 radical (unpaired) electrons. The van der Waals surface area contributed by atoms with Crippen LogP contribution in [0.5, 0.6) is 11.5 Å². The molecule has 0 aliphatic rings. The molecule has 146 valence electrons. The second-order valence-corrected chi connectivity index (χ2v) is 6.15. The molecular weight excluding hydrogens is 364 g/mol. The average Bonchev–Trinajstić information content (AvgIpc) is 3.10. The van der Waals surface area contributed by atoms with E-state index in [4.69, 9.17) is 14.6 Å². The number of rotatable bonds is 7. The summed E-state index contributed by atoms with van der Waals surface area (Å²) in [6, 6.07) is 6.15. The number of methoxy groups -OCH3 is 2. The number of carboxylic acids is 1. The number of ether oxygens (including phenoxy) is 2. The van der Waals surface area contributed by atoms with Crippen molar-refractivity contribution in [3.8, 4) is 11.5 Å². The first-order chi connectivity index (χ1) is 13.4. The lowest BCUT2D eigenvalue weighted by Gasteiger charge is -2.11. The number of carbonyl (C=O) groups is 2. The highest BCUT2D eigenvalue weighted by Gasteiger charge is 2.17. The summed E-state index contributed by atoms with van der Waals surface area (Å²) in [6.07, 6.45) is 3.01. The maximum atomic E-state index is 12.2. The Labute approximate surface area is 160 Å². The van der Waals surface area contributed by atoms with Crippen LogP contribution in [0, 0.1) is 0 Å². The second-order valence-electron chi connectivity index (χ2n) is 6.15. The zero-order valence-corrected chi connectivity index (χ0v) is 15.7. The fourth-order valence-electron chi connectivity index (χ4n) is 2.70.